The molecule has 2 rings (SSSR count). The second kappa shape index (κ2) is 5.47. The average Bonchev–Trinajstić information content (AvgIpc) is 2.76. The zero-order valence-corrected chi connectivity index (χ0v) is 11.7. The largest absolute Gasteiger partial charge is 0.493 e. The Hall–Kier alpha value is -0.770. The molecule has 2 N–H and O–H groups in total. The van der Waals surface area contributed by atoms with E-state index in [0.717, 1.165) is 35.8 Å². The highest BCUT2D eigenvalue weighted by Crippen LogP contribution is 2.32. The van der Waals surface area contributed by atoms with Crippen LogP contribution in [0.25, 0.3) is 0 Å². The second-order valence-corrected chi connectivity index (χ2v) is 5.54. The Morgan fingerprint density at radius 3 is 3.00 bits per heavy atom. The number of nitrogens with one attached hydrogen (secondary N) is 1. The Labute approximate surface area is 113 Å². The van der Waals surface area contributed by atoms with Crippen molar-refractivity contribution in [2.45, 2.75) is 38.8 Å². The summed E-state index contributed by atoms with van der Waals surface area (Å²) >= 11 is 6.09. The van der Waals surface area contributed by atoms with Gasteiger partial charge in [-0.2, -0.15) is 0 Å². The topological polar surface area (TPSA) is 41.5 Å². The van der Waals surface area contributed by atoms with Gasteiger partial charge in [0.15, 0.2) is 0 Å². The van der Waals surface area contributed by atoms with Crippen LogP contribution in [0.3, 0.4) is 0 Å². The maximum absolute atomic E-state index is 9.93. The minimum Gasteiger partial charge on any atom is -0.493 e. The number of ether oxygens (including phenoxy) is 1. The molecular formula is C14H20ClNO2. The van der Waals surface area contributed by atoms with Crippen molar-refractivity contribution in [1.29, 1.82) is 0 Å². The maximum Gasteiger partial charge on any atom is 0.127 e. The SMILES string of the molecule is CCC(C)(O)CNCc1cc(Cl)cc2c1OCC2. The minimum absolute atomic E-state index is 0.560. The molecule has 100 valence electrons. The van der Waals surface area contributed by atoms with Gasteiger partial charge in [-0.3, -0.25) is 0 Å². The lowest BCUT2D eigenvalue weighted by Gasteiger charge is -2.22. The molecule has 0 saturated heterocycles. The van der Waals surface area contributed by atoms with E-state index in [2.05, 4.69) is 5.32 Å². The van der Waals surface area contributed by atoms with E-state index >= 15 is 0 Å². The highest BCUT2D eigenvalue weighted by molar-refractivity contribution is 6.30. The molecule has 4 heteroatoms. The van der Waals surface area contributed by atoms with Gasteiger partial charge in [0.25, 0.3) is 0 Å². The van der Waals surface area contributed by atoms with E-state index in [4.69, 9.17) is 16.3 Å². The molecule has 0 amide bonds. The third-order valence-corrected chi connectivity index (χ3v) is 3.63. The predicted octanol–water partition coefficient (Wildman–Crippen LogP) is 2.53. The molecule has 3 nitrogen and oxygen atoms in total. The van der Waals surface area contributed by atoms with Crippen LogP contribution in [0, 0.1) is 0 Å². The van der Waals surface area contributed by atoms with Gasteiger partial charge >= 0.3 is 0 Å². The van der Waals surface area contributed by atoms with Gasteiger partial charge in [0, 0.05) is 30.1 Å². The molecule has 1 unspecified atom stereocenters. The van der Waals surface area contributed by atoms with Crippen LogP contribution in [0.5, 0.6) is 5.75 Å². The molecule has 0 spiro atoms. The number of hydrogen-bond acceptors (Lipinski definition) is 3. The highest BCUT2D eigenvalue weighted by Gasteiger charge is 2.19. The summed E-state index contributed by atoms with van der Waals surface area (Å²) in [6, 6.07) is 3.90. The van der Waals surface area contributed by atoms with E-state index in [0.29, 0.717) is 13.1 Å². The van der Waals surface area contributed by atoms with Gasteiger partial charge in [0.05, 0.1) is 12.2 Å². The van der Waals surface area contributed by atoms with Crippen LogP contribution in [-0.4, -0.2) is 23.9 Å². The fourth-order valence-electron chi connectivity index (χ4n) is 2.07. The molecule has 0 fully saturated rings. The number of aliphatic hydroxyl groups is 1. The number of fused-ring (bicyclic) bond motifs is 1. The number of benzene rings is 1. The molecule has 1 aromatic rings. The zero-order valence-electron chi connectivity index (χ0n) is 10.9. The van der Waals surface area contributed by atoms with Crippen molar-refractivity contribution in [1.82, 2.24) is 5.32 Å². The first kappa shape index (κ1) is 13.7. The summed E-state index contributed by atoms with van der Waals surface area (Å²) in [5, 5.41) is 13.9. The van der Waals surface area contributed by atoms with Gasteiger partial charge in [0.2, 0.25) is 0 Å². The van der Waals surface area contributed by atoms with Gasteiger partial charge in [-0.25, -0.2) is 0 Å². The average molecular weight is 270 g/mol. The van der Waals surface area contributed by atoms with E-state index in [-0.39, 0.29) is 0 Å². The third kappa shape index (κ3) is 3.16. The molecule has 0 saturated carbocycles. The molecular weight excluding hydrogens is 250 g/mol. The van der Waals surface area contributed by atoms with Crippen molar-refractivity contribution in [3.05, 3.63) is 28.3 Å². The Morgan fingerprint density at radius 2 is 2.28 bits per heavy atom. The maximum atomic E-state index is 9.93. The van der Waals surface area contributed by atoms with Crippen molar-refractivity contribution < 1.29 is 9.84 Å². The van der Waals surface area contributed by atoms with E-state index in [1.165, 1.54) is 5.56 Å². The first-order valence-corrected chi connectivity index (χ1v) is 6.77. The standard InChI is InChI=1S/C14H20ClNO2/c1-3-14(2,17)9-16-8-11-7-12(15)6-10-4-5-18-13(10)11/h6-7,16-17H,3-5,8-9H2,1-2H3. The summed E-state index contributed by atoms with van der Waals surface area (Å²) in [4.78, 5) is 0. The van der Waals surface area contributed by atoms with Crippen LogP contribution >= 0.6 is 11.6 Å². The van der Waals surface area contributed by atoms with Crippen molar-refractivity contribution in [2.24, 2.45) is 0 Å². The minimum atomic E-state index is -0.664. The van der Waals surface area contributed by atoms with E-state index in [1.54, 1.807) is 0 Å². The summed E-state index contributed by atoms with van der Waals surface area (Å²) < 4.78 is 5.63. The highest BCUT2D eigenvalue weighted by atomic mass is 35.5. The summed E-state index contributed by atoms with van der Waals surface area (Å²) in [6.45, 7) is 5.76. The molecule has 18 heavy (non-hydrogen) atoms. The first-order chi connectivity index (χ1) is 8.52. The van der Waals surface area contributed by atoms with Gasteiger partial charge in [-0.05, 0) is 31.0 Å². The first-order valence-electron chi connectivity index (χ1n) is 6.39. The fraction of sp³-hybridized carbons (Fsp3) is 0.571. The molecule has 1 aromatic carbocycles. The molecule has 0 aromatic heterocycles. The number of halogens is 1. The smallest absolute Gasteiger partial charge is 0.127 e. The van der Waals surface area contributed by atoms with Crippen molar-refractivity contribution >= 4 is 11.6 Å². The normalized spacial score (nSPS) is 17.1. The van der Waals surface area contributed by atoms with Crippen LogP contribution < -0.4 is 10.1 Å². The van der Waals surface area contributed by atoms with Crippen LogP contribution in [-0.2, 0) is 13.0 Å². The van der Waals surface area contributed by atoms with Gasteiger partial charge in [0.1, 0.15) is 5.75 Å². The third-order valence-electron chi connectivity index (χ3n) is 3.41. The fourth-order valence-corrected chi connectivity index (χ4v) is 2.33. The quantitative estimate of drug-likeness (QED) is 0.863. The van der Waals surface area contributed by atoms with Crippen LogP contribution in [0.15, 0.2) is 12.1 Å². The molecule has 0 aliphatic carbocycles. The van der Waals surface area contributed by atoms with E-state index in [1.807, 2.05) is 26.0 Å². The lowest BCUT2D eigenvalue weighted by Crippen LogP contribution is -2.36. The Kier molecular flexibility index (Phi) is 4.15. The summed E-state index contributed by atoms with van der Waals surface area (Å²) in [5.41, 5.74) is 1.59. The van der Waals surface area contributed by atoms with Crippen molar-refractivity contribution in [3.8, 4) is 5.75 Å². The molecule has 1 heterocycles. The van der Waals surface area contributed by atoms with Gasteiger partial charge < -0.3 is 15.2 Å². The summed E-state index contributed by atoms with van der Waals surface area (Å²) in [5.74, 6) is 0.961. The van der Waals surface area contributed by atoms with E-state index < -0.39 is 5.60 Å². The monoisotopic (exact) mass is 269 g/mol. The van der Waals surface area contributed by atoms with Crippen molar-refractivity contribution in [3.63, 3.8) is 0 Å². The van der Waals surface area contributed by atoms with Crippen LogP contribution in [0.4, 0.5) is 0 Å². The van der Waals surface area contributed by atoms with Crippen molar-refractivity contribution in [2.75, 3.05) is 13.2 Å². The molecule has 1 aliphatic heterocycles. The molecule has 1 atom stereocenters. The van der Waals surface area contributed by atoms with Gasteiger partial charge in [-0.15, -0.1) is 0 Å². The number of hydrogen-bond donors (Lipinski definition) is 2. The van der Waals surface area contributed by atoms with Gasteiger partial charge in [-0.1, -0.05) is 18.5 Å². The van der Waals surface area contributed by atoms with Crippen LogP contribution in [0.1, 0.15) is 31.4 Å². The molecule has 0 radical (unpaired) electrons. The predicted molar refractivity (Wildman–Crippen MR) is 73.3 cm³/mol. The zero-order chi connectivity index (χ0) is 13.2. The lowest BCUT2D eigenvalue weighted by atomic mass is 10.0. The summed E-state index contributed by atoms with van der Waals surface area (Å²) in [6.07, 6.45) is 1.65. The second-order valence-electron chi connectivity index (χ2n) is 5.11. The number of rotatable bonds is 5. The Morgan fingerprint density at radius 1 is 1.50 bits per heavy atom. The Balaban J connectivity index is 2.02. The summed E-state index contributed by atoms with van der Waals surface area (Å²) in [7, 11) is 0. The van der Waals surface area contributed by atoms with Crippen LogP contribution in [0.2, 0.25) is 5.02 Å². The molecule has 0 bridgehead atoms. The van der Waals surface area contributed by atoms with E-state index in [9.17, 15) is 5.11 Å². The molecule has 1 aliphatic rings. The lowest BCUT2D eigenvalue weighted by molar-refractivity contribution is 0.0555. The Bertz CT molecular complexity index is 432.